The van der Waals surface area contributed by atoms with Crippen molar-refractivity contribution in [3.05, 3.63) is 0 Å². The maximum atomic E-state index is 7.25. The predicted molar refractivity (Wildman–Crippen MR) is 171 cm³/mol. The smallest absolute Gasteiger partial charge is 0 e. The summed E-state index contributed by atoms with van der Waals surface area (Å²) in [5.74, 6) is 3.27. The van der Waals surface area contributed by atoms with Crippen LogP contribution in [0.3, 0.4) is 0 Å². The van der Waals surface area contributed by atoms with Crippen molar-refractivity contribution in [3.63, 3.8) is 0 Å². The number of halogens is 2. The van der Waals surface area contributed by atoms with Crippen LogP contribution in [0.5, 0.6) is 0 Å². The van der Waals surface area contributed by atoms with Crippen molar-refractivity contribution in [2.24, 2.45) is 61.6 Å². The Bertz CT molecular complexity index is 936. The van der Waals surface area contributed by atoms with Gasteiger partial charge in [-0.2, -0.15) is 0 Å². The second-order valence-electron chi connectivity index (χ2n) is 17.8. The third-order valence-electron chi connectivity index (χ3n) is 15.6. The summed E-state index contributed by atoms with van der Waals surface area (Å²) in [5.41, 5.74) is 3.04. The van der Waals surface area contributed by atoms with Gasteiger partial charge < -0.3 is 4.74 Å². The van der Waals surface area contributed by atoms with Crippen LogP contribution in [0.25, 0.3) is 0 Å². The summed E-state index contributed by atoms with van der Waals surface area (Å²) in [5, 5.41) is 0. The van der Waals surface area contributed by atoms with Gasteiger partial charge in [-0.05, 0) is 114 Å². The molecule has 0 N–H and O–H groups in total. The Morgan fingerprint density at radius 1 is 0.737 bits per heavy atom. The number of epoxide rings is 1. The number of rotatable bonds is 0. The average molecular weight is 825 g/mol. The van der Waals surface area contributed by atoms with Crippen molar-refractivity contribution < 1.29 is 32.8 Å². The molecule has 10 unspecified atom stereocenters. The third kappa shape index (κ3) is 4.15. The summed E-state index contributed by atoms with van der Waals surface area (Å²) in [6.45, 7) is 29.0. The van der Waals surface area contributed by atoms with Gasteiger partial charge in [-0.15, -0.1) is 0 Å². The maximum Gasteiger partial charge on any atom is 0 e. The van der Waals surface area contributed by atoms with Crippen molar-refractivity contribution in [3.8, 4) is 0 Å². The molecule has 6 rings (SSSR count). The van der Waals surface area contributed by atoms with Gasteiger partial charge >= 0.3 is 49.4 Å². The van der Waals surface area contributed by atoms with Crippen LogP contribution in [0.4, 0.5) is 0 Å². The second kappa shape index (κ2) is 10.0. The van der Waals surface area contributed by atoms with Crippen molar-refractivity contribution in [2.45, 2.75) is 146 Å². The van der Waals surface area contributed by atoms with E-state index in [2.05, 4.69) is 116 Å². The number of hydrogen-bond donors (Lipinski definition) is 0. The maximum absolute atomic E-state index is 7.25. The molecule has 1 radical (unpaired) electrons. The summed E-state index contributed by atoms with van der Waals surface area (Å²) in [7, 11) is 0.628. The molecule has 5 aliphatic carbocycles. The normalized spacial score (nSPS) is 54.6. The second-order valence-corrected chi connectivity index (χ2v) is 29.5. The molecule has 10 atom stereocenters. The summed E-state index contributed by atoms with van der Waals surface area (Å²) in [6.07, 6.45) is 13.1. The molecule has 1 aliphatic heterocycles. The predicted octanol–water partition coefficient (Wildman–Crippen LogP) is 11.1. The van der Waals surface area contributed by atoms with E-state index in [0.29, 0.717) is 59.4 Å². The van der Waals surface area contributed by atoms with Gasteiger partial charge in [0.1, 0.15) is 5.60 Å². The molecule has 0 amide bonds. The fourth-order valence-corrected chi connectivity index (χ4v) is 13.0. The minimum absolute atomic E-state index is 0. The van der Waals surface area contributed by atoms with E-state index in [4.69, 9.17) is 4.74 Å². The van der Waals surface area contributed by atoms with Crippen LogP contribution in [-0.2, 0) is 32.8 Å². The van der Waals surface area contributed by atoms with Crippen molar-refractivity contribution >= 4 is 40.0 Å². The van der Waals surface area contributed by atoms with E-state index in [1.54, 1.807) is 0 Å². The molecule has 218 valence electrons. The Hall–Kier alpha value is 2.59. The van der Waals surface area contributed by atoms with Gasteiger partial charge in [-0.3, -0.25) is 0 Å². The molecule has 0 aromatic carbocycles. The first-order valence-corrected chi connectivity index (χ1v) is 24.4. The largest absolute Gasteiger partial charge is 0 e. The van der Waals surface area contributed by atoms with Crippen LogP contribution < -0.4 is 0 Å². The molecular formula is C33H56I2OV2. The van der Waals surface area contributed by atoms with Crippen LogP contribution in [-0.4, -0.2) is 11.7 Å². The monoisotopic (exact) mass is 824 g/mol. The van der Waals surface area contributed by atoms with E-state index >= 15 is 0 Å². The van der Waals surface area contributed by atoms with Gasteiger partial charge in [0.25, 0.3) is 0 Å². The molecule has 0 aromatic rings. The quantitative estimate of drug-likeness (QED) is 0.175. The first-order chi connectivity index (χ1) is 16.8. The first-order valence-electron chi connectivity index (χ1n) is 15.4. The van der Waals surface area contributed by atoms with Gasteiger partial charge in [0.2, 0.25) is 0 Å². The molecule has 5 saturated carbocycles. The average Bonchev–Trinajstić information content (AvgIpc) is 3.49. The van der Waals surface area contributed by atoms with Crippen molar-refractivity contribution in [1.82, 2.24) is 0 Å². The summed E-state index contributed by atoms with van der Waals surface area (Å²) < 4.78 is 7.25. The Labute approximate surface area is 277 Å². The fourth-order valence-electron chi connectivity index (χ4n) is 13.0. The zero-order chi connectivity index (χ0) is 27.7. The van der Waals surface area contributed by atoms with Crippen molar-refractivity contribution in [2.75, 3.05) is 0 Å². The molecule has 1 heterocycles. The number of ether oxygens (including phenoxy) is 1. The van der Waals surface area contributed by atoms with E-state index in [-0.39, 0.29) is 24.2 Å². The van der Waals surface area contributed by atoms with E-state index in [1.165, 1.54) is 57.8 Å². The standard InChI is InChI=1S/C33H56O.2HI.2V/c1-21-12-14-29(8)22(28(21,6)7)13-15-31(10)23(29)18-25-33(34-25)24-19-26(2,3)20-27(4,5)30(24,9)16-17-32(31,33)11;;;;/h21-25H,12-20H2,1-11H3;2*1H;;/q;;;;+2/p-2. The van der Waals surface area contributed by atoms with E-state index in [0.717, 1.165) is 17.8 Å². The minimum atomic E-state index is 0. The molecule has 6 aliphatic rings. The molecule has 0 bridgehead atoms. The molecule has 5 heteroatoms. The topological polar surface area (TPSA) is 12.5 Å². The zero-order valence-electron chi connectivity index (χ0n) is 26.3. The SMILES string of the molecule is CC1CCC2(C)C(CCC3(C)C2CC2OC24C2CC(C)(C)CC(C)(C)C2(C)CCC34C)C1(C)C.[I][V][I].[V]. The van der Waals surface area contributed by atoms with Crippen LogP contribution >= 0.6 is 40.0 Å². The van der Waals surface area contributed by atoms with Crippen LogP contribution in [0, 0.1) is 61.6 Å². The Morgan fingerprint density at radius 2 is 1.34 bits per heavy atom. The minimum Gasteiger partial charge on any atom is 0 e. The molecule has 1 saturated heterocycles. The molecule has 6 fully saturated rings. The van der Waals surface area contributed by atoms with Gasteiger partial charge in [0.05, 0.1) is 6.10 Å². The number of hydrogen-bond acceptors (Lipinski definition) is 1. The Kier molecular flexibility index (Phi) is 8.85. The third-order valence-corrected chi connectivity index (χ3v) is 15.6. The van der Waals surface area contributed by atoms with E-state index in [1.807, 2.05) is 0 Å². The van der Waals surface area contributed by atoms with Crippen LogP contribution in [0.2, 0.25) is 0 Å². The van der Waals surface area contributed by atoms with E-state index < -0.39 is 0 Å². The summed E-state index contributed by atoms with van der Waals surface area (Å²) >= 11 is 4.74. The Balaban J connectivity index is 0.000000804. The summed E-state index contributed by atoms with van der Waals surface area (Å²) in [4.78, 5) is 0. The molecule has 1 spiro atoms. The van der Waals surface area contributed by atoms with Gasteiger partial charge in [0, 0.05) is 24.0 Å². The van der Waals surface area contributed by atoms with Gasteiger partial charge in [-0.1, -0.05) is 76.2 Å². The molecule has 1 nitrogen and oxygen atoms in total. The number of fused-ring (bicyclic) bond motifs is 5. The van der Waals surface area contributed by atoms with Crippen molar-refractivity contribution in [1.29, 1.82) is 0 Å². The zero-order valence-corrected chi connectivity index (χ0v) is 33.4. The molecule has 0 aromatic heterocycles. The van der Waals surface area contributed by atoms with Gasteiger partial charge in [-0.25, -0.2) is 0 Å². The fraction of sp³-hybridized carbons (Fsp3) is 1.00. The Morgan fingerprint density at radius 3 is 1.95 bits per heavy atom. The molecular weight excluding hydrogens is 768 g/mol. The first kappa shape index (κ1) is 33.5. The summed E-state index contributed by atoms with van der Waals surface area (Å²) in [6, 6.07) is 0. The van der Waals surface area contributed by atoms with E-state index in [9.17, 15) is 0 Å². The van der Waals surface area contributed by atoms with Crippen LogP contribution in [0.15, 0.2) is 0 Å². The molecule has 38 heavy (non-hydrogen) atoms. The van der Waals surface area contributed by atoms with Crippen LogP contribution in [0.1, 0.15) is 134 Å². The van der Waals surface area contributed by atoms with Gasteiger partial charge in [0.15, 0.2) is 0 Å².